The third kappa shape index (κ3) is 3.91. The predicted octanol–water partition coefficient (Wildman–Crippen LogP) is 2.18. The standard InChI is InChI=1S/C13H15ClN2O5/c1-7(2)11(13(18)21-3)15-12(17)8-5-4-6-9(10(8)14)16(19)20/h4-7,11H,1-3H3,(H,15,17)/t11-/m0/s1. The highest BCUT2D eigenvalue weighted by molar-refractivity contribution is 6.35. The molecule has 1 atom stereocenters. The van der Waals surface area contributed by atoms with Gasteiger partial charge in [-0.1, -0.05) is 31.5 Å². The van der Waals surface area contributed by atoms with E-state index in [0.717, 1.165) is 0 Å². The van der Waals surface area contributed by atoms with Gasteiger partial charge in [0.05, 0.1) is 17.6 Å². The molecule has 0 heterocycles. The van der Waals surface area contributed by atoms with Gasteiger partial charge in [0.15, 0.2) is 0 Å². The third-order valence-corrected chi connectivity index (χ3v) is 3.23. The number of carbonyl (C=O) groups excluding carboxylic acids is 2. The van der Waals surface area contributed by atoms with Gasteiger partial charge < -0.3 is 10.1 Å². The van der Waals surface area contributed by atoms with Gasteiger partial charge in [-0.25, -0.2) is 4.79 Å². The van der Waals surface area contributed by atoms with Crippen molar-refractivity contribution in [3.63, 3.8) is 0 Å². The zero-order valence-corrected chi connectivity index (χ0v) is 12.5. The zero-order valence-electron chi connectivity index (χ0n) is 11.8. The number of nitro groups is 1. The van der Waals surface area contributed by atoms with Gasteiger partial charge >= 0.3 is 5.97 Å². The molecule has 0 aromatic heterocycles. The van der Waals surface area contributed by atoms with E-state index in [4.69, 9.17) is 11.6 Å². The highest BCUT2D eigenvalue weighted by Gasteiger charge is 2.27. The lowest BCUT2D eigenvalue weighted by Gasteiger charge is -2.20. The number of rotatable bonds is 5. The van der Waals surface area contributed by atoms with E-state index >= 15 is 0 Å². The maximum absolute atomic E-state index is 12.1. The highest BCUT2D eigenvalue weighted by Crippen LogP contribution is 2.27. The average molecular weight is 315 g/mol. The van der Waals surface area contributed by atoms with Crippen LogP contribution >= 0.6 is 11.6 Å². The van der Waals surface area contributed by atoms with E-state index in [-0.39, 0.29) is 22.2 Å². The molecule has 8 heteroatoms. The van der Waals surface area contributed by atoms with E-state index in [1.54, 1.807) is 13.8 Å². The van der Waals surface area contributed by atoms with Gasteiger partial charge in [-0.15, -0.1) is 0 Å². The number of hydrogen-bond acceptors (Lipinski definition) is 5. The number of hydrogen-bond donors (Lipinski definition) is 1. The number of halogens is 1. The molecule has 0 saturated heterocycles. The van der Waals surface area contributed by atoms with Gasteiger partial charge in [0.25, 0.3) is 11.6 Å². The Labute approximate surface area is 126 Å². The number of ether oxygens (including phenoxy) is 1. The van der Waals surface area contributed by atoms with Crippen LogP contribution in [-0.2, 0) is 9.53 Å². The van der Waals surface area contributed by atoms with Crippen molar-refractivity contribution >= 4 is 29.2 Å². The number of nitrogens with one attached hydrogen (secondary N) is 1. The molecule has 0 aliphatic rings. The minimum absolute atomic E-state index is 0.0691. The molecule has 0 aliphatic carbocycles. The summed E-state index contributed by atoms with van der Waals surface area (Å²) in [7, 11) is 1.21. The van der Waals surface area contributed by atoms with Crippen LogP contribution in [0, 0.1) is 16.0 Å². The number of nitro benzene ring substituents is 1. The number of methoxy groups -OCH3 is 1. The molecule has 0 radical (unpaired) electrons. The maximum Gasteiger partial charge on any atom is 0.328 e. The third-order valence-electron chi connectivity index (χ3n) is 2.83. The molecule has 0 fully saturated rings. The first-order chi connectivity index (χ1) is 9.79. The maximum atomic E-state index is 12.1. The van der Waals surface area contributed by atoms with Crippen LogP contribution in [0.4, 0.5) is 5.69 Å². The van der Waals surface area contributed by atoms with Crippen molar-refractivity contribution in [2.75, 3.05) is 7.11 Å². The summed E-state index contributed by atoms with van der Waals surface area (Å²) in [5, 5.41) is 13.0. The summed E-state index contributed by atoms with van der Waals surface area (Å²) in [4.78, 5) is 33.9. The Hall–Kier alpha value is -2.15. The summed E-state index contributed by atoms with van der Waals surface area (Å²) in [6.07, 6.45) is 0. The summed E-state index contributed by atoms with van der Waals surface area (Å²) in [6, 6.07) is 3.03. The van der Waals surface area contributed by atoms with E-state index in [1.807, 2.05) is 0 Å². The highest BCUT2D eigenvalue weighted by atomic mass is 35.5. The summed E-state index contributed by atoms with van der Waals surface area (Å²) in [5.41, 5.74) is -0.441. The minimum Gasteiger partial charge on any atom is -0.467 e. The molecule has 7 nitrogen and oxygen atoms in total. The van der Waals surface area contributed by atoms with Gasteiger partial charge in [-0.3, -0.25) is 14.9 Å². The lowest BCUT2D eigenvalue weighted by atomic mass is 10.0. The zero-order chi connectivity index (χ0) is 16.2. The van der Waals surface area contributed by atoms with E-state index in [0.29, 0.717) is 0 Å². The van der Waals surface area contributed by atoms with Crippen LogP contribution in [0.5, 0.6) is 0 Å². The van der Waals surface area contributed by atoms with E-state index in [9.17, 15) is 19.7 Å². The first kappa shape index (κ1) is 16.9. The van der Waals surface area contributed by atoms with Crippen molar-refractivity contribution in [3.8, 4) is 0 Å². The monoisotopic (exact) mass is 314 g/mol. The molecule has 1 amide bonds. The SMILES string of the molecule is COC(=O)[C@@H](NC(=O)c1cccc([N+](=O)[O-])c1Cl)C(C)C. The van der Waals surface area contributed by atoms with E-state index in [2.05, 4.69) is 10.1 Å². The lowest BCUT2D eigenvalue weighted by molar-refractivity contribution is -0.384. The first-order valence-corrected chi connectivity index (χ1v) is 6.49. The van der Waals surface area contributed by atoms with Crippen LogP contribution < -0.4 is 5.32 Å². The van der Waals surface area contributed by atoms with Crippen LogP contribution in [0.15, 0.2) is 18.2 Å². The van der Waals surface area contributed by atoms with Crippen LogP contribution in [-0.4, -0.2) is 30.0 Å². The smallest absolute Gasteiger partial charge is 0.328 e. The Morgan fingerprint density at radius 3 is 2.48 bits per heavy atom. The van der Waals surface area contributed by atoms with E-state index in [1.165, 1.54) is 25.3 Å². The number of amides is 1. The predicted molar refractivity (Wildman–Crippen MR) is 76.2 cm³/mol. The van der Waals surface area contributed by atoms with Crippen LogP contribution in [0.25, 0.3) is 0 Å². The Bertz CT molecular complexity index is 574. The number of carbonyl (C=O) groups is 2. The van der Waals surface area contributed by atoms with E-state index < -0.39 is 22.8 Å². The molecule has 114 valence electrons. The number of benzene rings is 1. The lowest BCUT2D eigenvalue weighted by Crippen LogP contribution is -2.45. The second-order valence-corrected chi connectivity index (χ2v) is 4.99. The van der Waals surface area contributed by atoms with Crippen LogP contribution in [0.2, 0.25) is 5.02 Å². The second kappa shape index (κ2) is 7.03. The van der Waals surface area contributed by atoms with Crippen molar-refractivity contribution in [1.29, 1.82) is 0 Å². The molecule has 0 unspecified atom stereocenters. The molecular weight excluding hydrogens is 300 g/mol. The Morgan fingerprint density at radius 1 is 1.38 bits per heavy atom. The van der Waals surface area contributed by atoms with Crippen molar-refractivity contribution in [1.82, 2.24) is 5.32 Å². The second-order valence-electron chi connectivity index (χ2n) is 4.61. The molecule has 0 spiro atoms. The van der Waals surface area contributed by atoms with Gasteiger partial charge in [0, 0.05) is 6.07 Å². The first-order valence-electron chi connectivity index (χ1n) is 6.11. The summed E-state index contributed by atoms with van der Waals surface area (Å²) < 4.78 is 4.61. The average Bonchev–Trinajstić information content (AvgIpc) is 2.43. The Balaban J connectivity index is 3.06. The fourth-order valence-electron chi connectivity index (χ4n) is 1.68. The molecule has 0 saturated carbocycles. The van der Waals surface area contributed by atoms with Gasteiger partial charge in [-0.2, -0.15) is 0 Å². The molecule has 21 heavy (non-hydrogen) atoms. The van der Waals surface area contributed by atoms with Crippen molar-refractivity contribution < 1.29 is 19.2 Å². The summed E-state index contributed by atoms with van der Waals surface area (Å²) in [5.74, 6) is -1.48. The summed E-state index contributed by atoms with van der Waals surface area (Å²) >= 11 is 5.86. The molecule has 1 aromatic carbocycles. The minimum atomic E-state index is -0.863. The fourth-order valence-corrected chi connectivity index (χ4v) is 1.96. The normalized spacial score (nSPS) is 11.9. The number of esters is 1. The molecule has 1 N–H and O–H groups in total. The quantitative estimate of drug-likeness (QED) is 0.510. The number of nitrogens with zero attached hydrogens (tertiary/aromatic N) is 1. The topological polar surface area (TPSA) is 98.5 Å². The molecule has 0 bridgehead atoms. The molecule has 0 aliphatic heterocycles. The Morgan fingerprint density at radius 2 is 2.00 bits per heavy atom. The molecule has 1 aromatic rings. The summed E-state index contributed by atoms with van der Waals surface area (Å²) in [6.45, 7) is 3.47. The van der Waals surface area contributed by atoms with Crippen LogP contribution in [0.1, 0.15) is 24.2 Å². The van der Waals surface area contributed by atoms with Crippen LogP contribution in [0.3, 0.4) is 0 Å². The van der Waals surface area contributed by atoms with Gasteiger partial charge in [-0.05, 0) is 12.0 Å². The van der Waals surface area contributed by atoms with Crippen molar-refractivity contribution in [2.24, 2.45) is 5.92 Å². The fraction of sp³-hybridized carbons (Fsp3) is 0.385. The largest absolute Gasteiger partial charge is 0.467 e. The molecular formula is C13H15ClN2O5. The van der Waals surface area contributed by atoms with Crippen molar-refractivity contribution in [3.05, 3.63) is 38.9 Å². The Kier molecular flexibility index (Phi) is 5.66. The van der Waals surface area contributed by atoms with Crippen molar-refractivity contribution in [2.45, 2.75) is 19.9 Å². The van der Waals surface area contributed by atoms with Gasteiger partial charge in [0.2, 0.25) is 0 Å². The van der Waals surface area contributed by atoms with Gasteiger partial charge in [0.1, 0.15) is 11.1 Å². The molecule has 1 rings (SSSR count).